The third-order valence-corrected chi connectivity index (χ3v) is 5.69. The quantitative estimate of drug-likeness (QED) is 0.567. The number of likely N-dealkylation sites (tertiary alicyclic amines) is 1. The Hall–Kier alpha value is -3.42. The zero-order chi connectivity index (χ0) is 22.5. The van der Waals surface area contributed by atoms with E-state index in [2.05, 4.69) is 10.1 Å². The lowest BCUT2D eigenvalue weighted by Crippen LogP contribution is -2.39. The third kappa shape index (κ3) is 4.90. The Morgan fingerprint density at radius 1 is 1.19 bits per heavy atom. The third-order valence-electron chi connectivity index (χ3n) is 5.69. The zero-order valence-electron chi connectivity index (χ0n) is 18.9. The van der Waals surface area contributed by atoms with Gasteiger partial charge in [0.2, 0.25) is 11.9 Å². The van der Waals surface area contributed by atoms with E-state index in [1.165, 1.54) is 0 Å². The van der Waals surface area contributed by atoms with Crippen LogP contribution in [0.15, 0.2) is 48.9 Å². The first-order valence-corrected chi connectivity index (χ1v) is 11.0. The molecule has 1 saturated heterocycles. The van der Waals surface area contributed by atoms with E-state index in [1.807, 2.05) is 79.9 Å². The molecule has 3 heterocycles. The van der Waals surface area contributed by atoms with E-state index in [4.69, 9.17) is 9.72 Å². The fraction of sp³-hybridized carbons (Fsp3) is 0.417. The predicted molar refractivity (Wildman–Crippen MR) is 123 cm³/mol. The summed E-state index contributed by atoms with van der Waals surface area (Å²) in [7, 11) is 5.74. The number of aromatic nitrogens is 4. The standard InChI is InChI=1S/C24H30N6O2/c1-28(2)24-25-16-20(18-15-26-29(3)17-18)23(27-24)21-11-7-8-13-30(21)22(31)12-14-32-19-9-5-4-6-10-19/h4-6,9-10,15-17,21H,7-8,11-14H2,1-3H3/t21-/m1/s1. The minimum absolute atomic E-state index is 0.0905. The van der Waals surface area contributed by atoms with E-state index >= 15 is 0 Å². The average molecular weight is 435 g/mol. The van der Waals surface area contributed by atoms with Crippen LogP contribution in [0.4, 0.5) is 5.95 Å². The van der Waals surface area contributed by atoms with Crippen LogP contribution in [0.1, 0.15) is 37.4 Å². The topological polar surface area (TPSA) is 76.4 Å². The van der Waals surface area contributed by atoms with E-state index in [0.29, 0.717) is 19.0 Å². The molecule has 0 spiro atoms. The molecule has 3 aromatic rings. The number of anilines is 1. The molecule has 1 fully saturated rings. The van der Waals surface area contributed by atoms with Crippen LogP contribution in [0, 0.1) is 0 Å². The van der Waals surface area contributed by atoms with Crippen LogP contribution in [-0.4, -0.2) is 57.8 Å². The summed E-state index contributed by atoms with van der Waals surface area (Å²) in [5.41, 5.74) is 2.76. The largest absolute Gasteiger partial charge is 0.493 e. The molecule has 1 aromatic carbocycles. The Morgan fingerprint density at radius 3 is 2.72 bits per heavy atom. The predicted octanol–water partition coefficient (Wildman–Crippen LogP) is 3.47. The van der Waals surface area contributed by atoms with Crippen LogP contribution in [0.25, 0.3) is 11.1 Å². The number of ether oxygens (including phenoxy) is 1. The van der Waals surface area contributed by atoms with Gasteiger partial charge in [0.1, 0.15) is 5.75 Å². The van der Waals surface area contributed by atoms with Crippen molar-refractivity contribution in [2.45, 2.75) is 31.7 Å². The Morgan fingerprint density at radius 2 is 2.00 bits per heavy atom. The lowest BCUT2D eigenvalue weighted by molar-refractivity contribution is -0.135. The highest BCUT2D eigenvalue weighted by molar-refractivity contribution is 5.77. The van der Waals surface area contributed by atoms with E-state index in [9.17, 15) is 4.79 Å². The van der Waals surface area contributed by atoms with Crippen molar-refractivity contribution in [2.24, 2.45) is 7.05 Å². The van der Waals surface area contributed by atoms with Crippen molar-refractivity contribution in [1.29, 1.82) is 0 Å². The van der Waals surface area contributed by atoms with Crippen molar-refractivity contribution >= 4 is 11.9 Å². The number of hydrogen-bond donors (Lipinski definition) is 0. The number of carbonyl (C=O) groups is 1. The molecule has 1 atom stereocenters. The number of hydrogen-bond acceptors (Lipinski definition) is 6. The molecule has 8 nitrogen and oxygen atoms in total. The van der Waals surface area contributed by atoms with Gasteiger partial charge < -0.3 is 14.5 Å². The van der Waals surface area contributed by atoms with Gasteiger partial charge in [0, 0.05) is 51.2 Å². The lowest BCUT2D eigenvalue weighted by Gasteiger charge is -2.36. The summed E-state index contributed by atoms with van der Waals surface area (Å²) in [4.78, 5) is 26.5. The Labute approximate surface area is 188 Å². The second-order valence-corrected chi connectivity index (χ2v) is 8.28. The number of piperidine rings is 1. The molecule has 0 N–H and O–H groups in total. The second kappa shape index (κ2) is 9.80. The zero-order valence-corrected chi connectivity index (χ0v) is 18.9. The molecule has 1 amide bonds. The monoisotopic (exact) mass is 434 g/mol. The van der Waals surface area contributed by atoms with Crippen LogP contribution in [0.2, 0.25) is 0 Å². The van der Waals surface area contributed by atoms with Crippen molar-refractivity contribution in [3.63, 3.8) is 0 Å². The van der Waals surface area contributed by atoms with Gasteiger partial charge in [-0.1, -0.05) is 18.2 Å². The van der Waals surface area contributed by atoms with Gasteiger partial charge in [0.05, 0.1) is 31.0 Å². The van der Waals surface area contributed by atoms with Crippen LogP contribution in [0.3, 0.4) is 0 Å². The summed E-state index contributed by atoms with van der Waals surface area (Å²) in [6, 6.07) is 9.50. The van der Waals surface area contributed by atoms with Crippen molar-refractivity contribution < 1.29 is 9.53 Å². The molecule has 0 saturated carbocycles. The number of nitrogens with zero attached hydrogens (tertiary/aromatic N) is 6. The highest BCUT2D eigenvalue weighted by atomic mass is 16.5. The minimum Gasteiger partial charge on any atom is -0.493 e. The molecule has 168 valence electrons. The average Bonchev–Trinajstić information content (AvgIpc) is 3.25. The minimum atomic E-state index is -0.0927. The first kappa shape index (κ1) is 21.8. The summed E-state index contributed by atoms with van der Waals surface area (Å²) in [5, 5.41) is 4.31. The summed E-state index contributed by atoms with van der Waals surface area (Å²) in [6.45, 7) is 1.08. The Bertz CT molecular complexity index is 1050. The fourth-order valence-corrected chi connectivity index (χ4v) is 4.07. The van der Waals surface area contributed by atoms with Gasteiger partial charge in [-0.25, -0.2) is 9.97 Å². The Kier molecular flexibility index (Phi) is 6.68. The van der Waals surface area contributed by atoms with Crippen LogP contribution >= 0.6 is 0 Å². The maximum Gasteiger partial charge on any atom is 0.226 e. The van der Waals surface area contributed by atoms with E-state index in [1.54, 1.807) is 4.68 Å². The van der Waals surface area contributed by atoms with Gasteiger partial charge in [-0.2, -0.15) is 5.10 Å². The van der Waals surface area contributed by atoms with Crippen molar-refractivity contribution in [3.05, 3.63) is 54.6 Å². The number of amides is 1. The Balaban J connectivity index is 1.58. The SMILES string of the molecule is CN(C)c1ncc(-c2cnn(C)c2)c([C@H]2CCCCN2C(=O)CCOc2ccccc2)n1. The molecule has 1 aliphatic rings. The van der Waals surface area contributed by atoms with E-state index in [-0.39, 0.29) is 11.9 Å². The molecular weight excluding hydrogens is 404 g/mol. The molecule has 4 rings (SSSR count). The van der Waals surface area contributed by atoms with E-state index < -0.39 is 0 Å². The van der Waals surface area contributed by atoms with Crippen LogP contribution in [0.5, 0.6) is 5.75 Å². The number of rotatable bonds is 7. The molecular formula is C24H30N6O2. The van der Waals surface area contributed by atoms with Gasteiger partial charge in [0.15, 0.2) is 0 Å². The second-order valence-electron chi connectivity index (χ2n) is 8.28. The summed E-state index contributed by atoms with van der Waals surface area (Å²) < 4.78 is 7.53. The summed E-state index contributed by atoms with van der Waals surface area (Å²) in [6.07, 6.45) is 8.89. The van der Waals surface area contributed by atoms with Gasteiger partial charge in [-0.3, -0.25) is 9.48 Å². The molecule has 1 aliphatic heterocycles. The maximum atomic E-state index is 13.2. The summed E-state index contributed by atoms with van der Waals surface area (Å²) >= 11 is 0. The van der Waals surface area contributed by atoms with Crippen molar-refractivity contribution in [2.75, 3.05) is 32.1 Å². The van der Waals surface area contributed by atoms with Crippen molar-refractivity contribution in [3.8, 4) is 16.9 Å². The van der Waals surface area contributed by atoms with Gasteiger partial charge in [-0.05, 0) is 31.4 Å². The normalized spacial score (nSPS) is 16.1. The molecule has 32 heavy (non-hydrogen) atoms. The molecule has 8 heteroatoms. The van der Waals surface area contributed by atoms with Crippen molar-refractivity contribution in [1.82, 2.24) is 24.6 Å². The molecule has 0 aliphatic carbocycles. The van der Waals surface area contributed by atoms with Crippen LogP contribution < -0.4 is 9.64 Å². The number of para-hydroxylation sites is 1. The van der Waals surface area contributed by atoms with Gasteiger partial charge in [0.25, 0.3) is 0 Å². The van der Waals surface area contributed by atoms with Gasteiger partial charge in [-0.15, -0.1) is 0 Å². The summed E-state index contributed by atoms with van der Waals surface area (Å²) in [5.74, 6) is 1.51. The van der Waals surface area contributed by atoms with E-state index in [0.717, 1.165) is 48.4 Å². The first-order valence-electron chi connectivity index (χ1n) is 11.0. The van der Waals surface area contributed by atoms with Gasteiger partial charge >= 0.3 is 0 Å². The fourth-order valence-electron chi connectivity index (χ4n) is 4.07. The molecule has 0 unspecified atom stereocenters. The highest BCUT2D eigenvalue weighted by Crippen LogP contribution is 2.36. The number of benzene rings is 1. The smallest absolute Gasteiger partial charge is 0.226 e. The molecule has 0 radical (unpaired) electrons. The lowest BCUT2D eigenvalue weighted by atomic mass is 9.94. The molecule has 0 bridgehead atoms. The first-order chi connectivity index (χ1) is 15.5. The number of carbonyl (C=O) groups excluding carboxylic acids is 1. The van der Waals surface area contributed by atoms with Crippen LogP contribution in [-0.2, 0) is 11.8 Å². The maximum absolute atomic E-state index is 13.2. The number of aryl methyl sites for hydroxylation is 1. The highest BCUT2D eigenvalue weighted by Gasteiger charge is 2.31. The molecule has 2 aromatic heterocycles.